The smallest absolute Gasteiger partial charge is 0.255 e. The first kappa shape index (κ1) is 23.0. The molecule has 1 saturated heterocycles. The normalized spacial score (nSPS) is 13.8. The Kier molecular flexibility index (Phi) is 6.78. The summed E-state index contributed by atoms with van der Waals surface area (Å²) in [6, 6.07) is 20.2. The van der Waals surface area contributed by atoms with Crippen molar-refractivity contribution in [3.05, 3.63) is 88.9 Å². The van der Waals surface area contributed by atoms with Crippen molar-refractivity contribution in [1.29, 1.82) is 0 Å². The number of nitrogens with zero attached hydrogens (tertiary/aromatic N) is 1. The van der Waals surface area contributed by atoms with Crippen LogP contribution in [0.15, 0.2) is 77.7 Å². The van der Waals surface area contributed by atoms with Crippen LogP contribution in [0.4, 0.5) is 11.4 Å². The van der Waals surface area contributed by atoms with Crippen LogP contribution in [0, 0.1) is 0 Å². The Balaban J connectivity index is 1.51. The highest BCUT2D eigenvalue weighted by atomic mass is 35.5. The van der Waals surface area contributed by atoms with E-state index in [9.17, 15) is 18.0 Å². The van der Waals surface area contributed by atoms with E-state index >= 15 is 0 Å². The van der Waals surface area contributed by atoms with Crippen LogP contribution in [-0.4, -0.2) is 26.8 Å². The average Bonchev–Trinajstić information content (AvgIpc) is 3.24. The molecule has 0 aromatic heterocycles. The van der Waals surface area contributed by atoms with E-state index in [0.29, 0.717) is 24.3 Å². The Labute approximate surface area is 197 Å². The summed E-state index contributed by atoms with van der Waals surface area (Å²) in [5, 5.41) is 2.77. The van der Waals surface area contributed by atoms with Crippen LogP contribution in [0.3, 0.4) is 0 Å². The Morgan fingerprint density at radius 2 is 1.79 bits per heavy atom. The van der Waals surface area contributed by atoms with Gasteiger partial charge in [0, 0.05) is 36.4 Å². The summed E-state index contributed by atoms with van der Waals surface area (Å²) >= 11 is 6.15. The fourth-order valence-electron chi connectivity index (χ4n) is 3.58. The zero-order chi connectivity index (χ0) is 23.4. The van der Waals surface area contributed by atoms with Crippen molar-refractivity contribution in [2.24, 2.45) is 0 Å². The lowest BCUT2D eigenvalue weighted by atomic mass is 10.2. The van der Waals surface area contributed by atoms with Crippen LogP contribution >= 0.6 is 11.6 Å². The minimum atomic E-state index is -3.95. The van der Waals surface area contributed by atoms with E-state index in [1.165, 1.54) is 18.2 Å². The van der Waals surface area contributed by atoms with Crippen LogP contribution in [0.2, 0.25) is 5.02 Å². The van der Waals surface area contributed by atoms with Gasteiger partial charge in [0.25, 0.3) is 5.91 Å². The van der Waals surface area contributed by atoms with Crippen LogP contribution in [0.25, 0.3) is 0 Å². The second-order valence-corrected chi connectivity index (χ2v) is 9.75. The second kappa shape index (κ2) is 9.74. The molecule has 9 heteroatoms. The summed E-state index contributed by atoms with van der Waals surface area (Å²) in [5.74, 6) is -0.440. The first-order chi connectivity index (χ1) is 15.8. The van der Waals surface area contributed by atoms with Crippen LogP contribution in [-0.2, 0) is 21.4 Å². The van der Waals surface area contributed by atoms with E-state index in [-0.39, 0.29) is 27.9 Å². The number of halogens is 1. The number of nitrogens with one attached hydrogen (secondary N) is 2. The zero-order valence-corrected chi connectivity index (χ0v) is 19.2. The van der Waals surface area contributed by atoms with Gasteiger partial charge < -0.3 is 10.2 Å². The maximum atomic E-state index is 12.8. The van der Waals surface area contributed by atoms with Gasteiger partial charge in [-0.25, -0.2) is 13.1 Å². The molecular weight excluding hydrogens is 462 g/mol. The summed E-state index contributed by atoms with van der Waals surface area (Å²) < 4.78 is 28.1. The first-order valence-electron chi connectivity index (χ1n) is 10.4. The molecule has 0 radical (unpaired) electrons. The van der Waals surface area contributed by atoms with E-state index in [1.807, 2.05) is 24.3 Å². The summed E-state index contributed by atoms with van der Waals surface area (Å²) in [6.45, 7) is 0.739. The highest BCUT2D eigenvalue weighted by Gasteiger charge is 2.23. The SMILES string of the molecule is O=C(Nc1cccc(N2CCCC2=O)c1)c1ccc(Cl)c(S(=O)(=O)NCc2ccccc2)c1. The van der Waals surface area contributed by atoms with E-state index in [4.69, 9.17) is 11.6 Å². The van der Waals surface area contributed by atoms with Crippen molar-refractivity contribution in [2.45, 2.75) is 24.3 Å². The first-order valence-corrected chi connectivity index (χ1v) is 12.2. The molecule has 1 aliphatic heterocycles. The van der Waals surface area contributed by atoms with Gasteiger partial charge in [0.15, 0.2) is 0 Å². The Bertz CT molecular complexity index is 1300. The number of carbonyl (C=O) groups excluding carboxylic acids is 2. The molecule has 170 valence electrons. The average molecular weight is 484 g/mol. The van der Waals surface area contributed by atoms with Crippen molar-refractivity contribution in [2.75, 3.05) is 16.8 Å². The lowest BCUT2D eigenvalue weighted by molar-refractivity contribution is -0.117. The number of amides is 2. The lowest BCUT2D eigenvalue weighted by Crippen LogP contribution is -2.24. The molecule has 0 atom stereocenters. The summed E-state index contributed by atoms with van der Waals surface area (Å²) in [6.07, 6.45) is 1.31. The van der Waals surface area contributed by atoms with Gasteiger partial charge in [-0.2, -0.15) is 0 Å². The van der Waals surface area contributed by atoms with Gasteiger partial charge >= 0.3 is 0 Å². The number of sulfonamides is 1. The van der Waals surface area contributed by atoms with Crippen LogP contribution in [0.1, 0.15) is 28.8 Å². The third-order valence-corrected chi connectivity index (χ3v) is 7.16. The van der Waals surface area contributed by atoms with Crippen molar-refractivity contribution < 1.29 is 18.0 Å². The third-order valence-electron chi connectivity index (χ3n) is 5.28. The molecule has 2 N–H and O–H groups in total. The highest BCUT2D eigenvalue weighted by molar-refractivity contribution is 7.89. The number of carbonyl (C=O) groups is 2. The lowest BCUT2D eigenvalue weighted by Gasteiger charge is -2.17. The molecule has 4 rings (SSSR count). The van der Waals surface area contributed by atoms with E-state index < -0.39 is 15.9 Å². The van der Waals surface area contributed by atoms with E-state index in [2.05, 4.69) is 10.0 Å². The van der Waals surface area contributed by atoms with Crippen molar-refractivity contribution in [3.63, 3.8) is 0 Å². The molecule has 0 unspecified atom stereocenters. The van der Waals surface area contributed by atoms with Crippen LogP contribution in [0.5, 0.6) is 0 Å². The van der Waals surface area contributed by atoms with Gasteiger partial charge in [-0.15, -0.1) is 0 Å². The molecular formula is C24H22ClN3O4S. The molecule has 1 aliphatic rings. The fraction of sp³-hybridized carbons (Fsp3) is 0.167. The standard InChI is InChI=1S/C24H22ClN3O4S/c25-21-12-11-18(14-22(21)33(31,32)26-16-17-6-2-1-3-7-17)24(30)27-19-8-4-9-20(15-19)28-13-5-10-23(28)29/h1-4,6-9,11-12,14-15,26H,5,10,13,16H2,(H,27,30). The Morgan fingerprint density at radius 1 is 1.00 bits per heavy atom. The molecule has 7 nitrogen and oxygen atoms in total. The molecule has 3 aromatic carbocycles. The van der Waals surface area contributed by atoms with Crippen molar-refractivity contribution in [3.8, 4) is 0 Å². The molecule has 0 saturated carbocycles. The van der Waals surface area contributed by atoms with E-state index in [0.717, 1.165) is 12.0 Å². The van der Waals surface area contributed by atoms with Crippen molar-refractivity contribution >= 4 is 44.8 Å². The molecule has 0 bridgehead atoms. The molecule has 1 fully saturated rings. The van der Waals surface area contributed by atoms with Gasteiger partial charge in [0.2, 0.25) is 15.9 Å². The molecule has 0 aliphatic carbocycles. The van der Waals surface area contributed by atoms with Gasteiger partial charge in [-0.05, 0) is 48.4 Å². The fourth-order valence-corrected chi connectivity index (χ4v) is 5.12. The van der Waals surface area contributed by atoms with Gasteiger partial charge in [-0.3, -0.25) is 9.59 Å². The molecule has 2 amide bonds. The zero-order valence-electron chi connectivity index (χ0n) is 17.6. The van der Waals surface area contributed by atoms with Gasteiger partial charge in [-0.1, -0.05) is 48.0 Å². The molecule has 1 heterocycles. The number of hydrogen-bond donors (Lipinski definition) is 2. The highest BCUT2D eigenvalue weighted by Crippen LogP contribution is 2.26. The van der Waals surface area contributed by atoms with Gasteiger partial charge in [0.05, 0.1) is 5.02 Å². The number of rotatable bonds is 7. The molecule has 0 spiro atoms. The molecule has 3 aromatic rings. The monoisotopic (exact) mass is 483 g/mol. The molecule has 33 heavy (non-hydrogen) atoms. The third kappa shape index (κ3) is 5.42. The number of hydrogen-bond acceptors (Lipinski definition) is 4. The topological polar surface area (TPSA) is 95.6 Å². The second-order valence-electron chi connectivity index (χ2n) is 7.61. The quantitative estimate of drug-likeness (QED) is 0.526. The minimum absolute atomic E-state index is 0.0154. The summed E-state index contributed by atoms with van der Waals surface area (Å²) in [5.41, 5.74) is 2.14. The Morgan fingerprint density at radius 3 is 2.52 bits per heavy atom. The summed E-state index contributed by atoms with van der Waals surface area (Å²) in [4.78, 5) is 26.3. The summed E-state index contributed by atoms with van der Waals surface area (Å²) in [7, 11) is -3.95. The van der Waals surface area contributed by atoms with Crippen molar-refractivity contribution in [1.82, 2.24) is 4.72 Å². The maximum Gasteiger partial charge on any atom is 0.255 e. The van der Waals surface area contributed by atoms with E-state index in [1.54, 1.807) is 35.2 Å². The largest absolute Gasteiger partial charge is 0.322 e. The van der Waals surface area contributed by atoms with Gasteiger partial charge in [0.1, 0.15) is 4.90 Å². The predicted molar refractivity (Wildman–Crippen MR) is 128 cm³/mol. The minimum Gasteiger partial charge on any atom is -0.322 e. The number of benzene rings is 3. The maximum absolute atomic E-state index is 12.8. The predicted octanol–water partition coefficient (Wildman–Crippen LogP) is 4.20. The van der Waals surface area contributed by atoms with Crippen LogP contribution < -0.4 is 14.9 Å². The number of anilines is 2. The Hall–Kier alpha value is -3.20.